The summed E-state index contributed by atoms with van der Waals surface area (Å²) in [5, 5.41) is 0. The molecule has 0 aliphatic heterocycles. The third-order valence-corrected chi connectivity index (χ3v) is 5.66. The Balaban J connectivity index is 2.24. The van der Waals surface area contributed by atoms with Crippen LogP contribution in [-0.2, 0) is 10.0 Å². The van der Waals surface area contributed by atoms with Crippen molar-refractivity contribution in [3.8, 4) is 5.75 Å². The summed E-state index contributed by atoms with van der Waals surface area (Å²) in [5.74, 6) is 0.736. The quantitative estimate of drug-likeness (QED) is 0.761. The second-order valence-electron chi connectivity index (χ2n) is 5.04. The topological polar surface area (TPSA) is 81.4 Å². The van der Waals surface area contributed by atoms with Gasteiger partial charge in [0.2, 0.25) is 10.0 Å². The van der Waals surface area contributed by atoms with Gasteiger partial charge in [-0.25, -0.2) is 13.1 Å². The van der Waals surface area contributed by atoms with E-state index in [0.717, 1.165) is 19.3 Å². The van der Waals surface area contributed by atoms with Gasteiger partial charge in [0.1, 0.15) is 10.6 Å². The van der Waals surface area contributed by atoms with Crippen LogP contribution < -0.4 is 15.2 Å². The van der Waals surface area contributed by atoms with E-state index >= 15 is 0 Å². The SMILES string of the molecule is CCCC1CC1NS(=O)(=O)c1cc(N)c(Br)cc1OC. The predicted octanol–water partition coefficient (Wildman–Crippen LogP) is 2.51. The molecule has 1 aromatic rings. The fourth-order valence-electron chi connectivity index (χ4n) is 2.26. The number of ether oxygens (including phenoxy) is 1. The molecule has 7 heteroatoms. The number of hydrogen-bond donors (Lipinski definition) is 2. The molecule has 0 bridgehead atoms. The van der Waals surface area contributed by atoms with E-state index in [1.54, 1.807) is 6.07 Å². The van der Waals surface area contributed by atoms with Crippen LogP contribution in [0.1, 0.15) is 26.2 Å². The van der Waals surface area contributed by atoms with Crippen molar-refractivity contribution < 1.29 is 13.2 Å². The lowest BCUT2D eigenvalue weighted by Gasteiger charge is -2.12. The van der Waals surface area contributed by atoms with Gasteiger partial charge in [0, 0.05) is 16.2 Å². The third kappa shape index (κ3) is 3.27. The summed E-state index contributed by atoms with van der Waals surface area (Å²) in [7, 11) is -2.17. The second kappa shape index (κ2) is 5.91. The molecule has 0 heterocycles. The molecular formula is C13H19BrN2O3S. The molecule has 0 aromatic heterocycles. The van der Waals surface area contributed by atoms with E-state index in [9.17, 15) is 8.42 Å². The Morgan fingerprint density at radius 3 is 2.80 bits per heavy atom. The van der Waals surface area contributed by atoms with Gasteiger partial charge >= 0.3 is 0 Å². The van der Waals surface area contributed by atoms with Crippen molar-refractivity contribution >= 4 is 31.6 Å². The maximum Gasteiger partial charge on any atom is 0.244 e. The number of nitrogen functional groups attached to an aromatic ring is 1. The first-order valence-electron chi connectivity index (χ1n) is 6.54. The van der Waals surface area contributed by atoms with Gasteiger partial charge in [-0.3, -0.25) is 0 Å². The Morgan fingerprint density at radius 1 is 1.50 bits per heavy atom. The second-order valence-corrected chi connectivity index (χ2v) is 7.57. The summed E-state index contributed by atoms with van der Waals surface area (Å²) in [6.45, 7) is 2.10. The van der Waals surface area contributed by atoms with E-state index in [2.05, 4.69) is 27.6 Å². The van der Waals surface area contributed by atoms with E-state index in [1.165, 1.54) is 13.2 Å². The molecule has 0 saturated heterocycles. The molecule has 0 amide bonds. The predicted molar refractivity (Wildman–Crippen MR) is 82.2 cm³/mol. The van der Waals surface area contributed by atoms with Crippen LogP contribution in [0, 0.1) is 5.92 Å². The Labute approximate surface area is 128 Å². The van der Waals surface area contributed by atoms with Crippen LogP contribution in [0.5, 0.6) is 5.75 Å². The van der Waals surface area contributed by atoms with E-state index in [1.807, 2.05) is 0 Å². The van der Waals surface area contributed by atoms with Crippen LogP contribution in [0.4, 0.5) is 5.69 Å². The highest BCUT2D eigenvalue weighted by atomic mass is 79.9. The molecular weight excluding hydrogens is 344 g/mol. The maximum absolute atomic E-state index is 12.4. The molecule has 1 aromatic carbocycles. The van der Waals surface area contributed by atoms with Crippen molar-refractivity contribution in [2.45, 2.75) is 37.1 Å². The normalized spacial score (nSPS) is 21.8. The van der Waals surface area contributed by atoms with E-state index in [4.69, 9.17) is 10.5 Å². The van der Waals surface area contributed by atoms with Crippen LogP contribution in [0.15, 0.2) is 21.5 Å². The van der Waals surface area contributed by atoms with Crippen molar-refractivity contribution in [2.24, 2.45) is 5.92 Å². The number of benzene rings is 1. The highest BCUT2D eigenvalue weighted by Gasteiger charge is 2.39. The molecule has 2 rings (SSSR count). The zero-order chi connectivity index (χ0) is 14.9. The van der Waals surface area contributed by atoms with Gasteiger partial charge in [0.15, 0.2) is 0 Å². The van der Waals surface area contributed by atoms with Gasteiger partial charge < -0.3 is 10.5 Å². The minimum absolute atomic E-state index is 0.0366. The number of nitrogens with one attached hydrogen (secondary N) is 1. The summed E-state index contributed by atoms with van der Waals surface area (Å²) in [6.07, 6.45) is 3.02. The van der Waals surface area contributed by atoms with Crippen LogP contribution >= 0.6 is 15.9 Å². The maximum atomic E-state index is 12.4. The monoisotopic (exact) mass is 362 g/mol. The molecule has 0 radical (unpaired) electrons. The summed E-state index contributed by atoms with van der Waals surface area (Å²) >= 11 is 3.26. The van der Waals surface area contributed by atoms with Crippen molar-refractivity contribution in [2.75, 3.05) is 12.8 Å². The lowest BCUT2D eigenvalue weighted by Crippen LogP contribution is -2.27. The lowest BCUT2D eigenvalue weighted by molar-refractivity contribution is 0.402. The molecule has 3 N–H and O–H groups in total. The molecule has 1 aliphatic rings. The highest BCUT2D eigenvalue weighted by Crippen LogP contribution is 2.37. The van der Waals surface area contributed by atoms with Crippen molar-refractivity contribution in [1.82, 2.24) is 4.72 Å². The molecule has 0 spiro atoms. The fraction of sp³-hybridized carbons (Fsp3) is 0.538. The number of sulfonamides is 1. The Bertz CT molecular complexity index is 604. The van der Waals surface area contributed by atoms with Crippen molar-refractivity contribution in [1.29, 1.82) is 0 Å². The Kier molecular flexibility index (Phi) is 4.61. The van der Waals surface area contributed by atoms with Crippen LogP contribution in [0.25, 0.3) is 0 Å². The zero-order valence-electron chi connectivity index (χ0n) is 11.5. The standard InChI is InChI=1S/C13H19BrN2O3S/c1-3-4-8-5-11(8)16-20(17,18)13-7-10(15)9(14)6-12(13)19-2/h6-8,11,16H,3-5,15H2,1-2H3. The molecule has 1 saturated carbocycles. The van der Waals surface area contributed by atoms with Crippen LogP contribution in [0.2, 0.25) is 0 Å². The summed E-state index contributed by atoms with van der Waals surface area (Å²) in [5.41, 5.74) is 6.14. The van der Waals surface area contributed by atoms with E-state index in [-0.39, 0.29) is 16.7 Å². The van der Waals surface area contributed by atoms with Crippen molar-refractivity contribution in [3.63, 3.8) is 0 Å². The summed E-state index contributed by atoms with van der Waals surface area (Å²) in [6, 6.07) is 3.03. The van der Waals surface area contributed by atoms with Gasteiger partial charge in [-0.05, 0) is 46.8 Å². The number of rotatable bonds is 6. The van der Waals surface area contributed by atoms with Crippen LogP contribution in [0.3, 0.4) is 0 Å². The smallest absolute Gasteiger partial charge is 0.244 e. The molecule has 2 unspecified atom stereocenters. The largest absolute Gasteiger partial charge is 0.495 e. The molecule has 1 fully saturated rings. The van der Waals surface area contributed by atoms with Crippen LogP contribution in [-0.4, -0.2) is 21.6 Å². The fourth-order valence-corrected chi connectivity index (χ4v) is 4.09. The highest BCUT2D eigenvalue weighted by molar-refractivity contribution is 9.10. The minimum atomic E-state index is -3.61. The number of nitrogens with two attached hydrogens (primary N) is 1. The summed E-state index contributed by atoms with van der Waals surface area (Å²) < 4.78 is 33.3. The number of methoxy groups -OCH3 is 1. The first kappa shape index (κ1) is 15.6. The number of anilines is 1. The molecule has 1 aliphatic carbocycles. The van der Waals surface area contributed by atoms with E-state index < -0.39 is 10.0 Å². The number of hydrogen-bond acceptors (Lipinski definition) is 4. The minimum Gasteiger partial charge on any atom is -0.495 e. The van der Waals surface area contributed by atoms with Gasteiger partial charge in [0.05, 0.1) is 7.11 Å². The van der Waals surface area contributed by atoms with Gasteiger partial charge in [-0.1, -0.05) is 13.3 Å². The Morgan fingerprint density at radius 2 is 2.20 bits per heavy atom. The molecule has 5 nitrogen and oxygen atoms in total. The molecule has 2 atom stereocenters. The molecule has 20 heavy (non-hydrogen) atoms. The zero-order valence-corrected chi connectivity index (χ0v) is 13.9. The average molecular weight is 363 g/mol. The van der Waals surface area contributed by atoms with Gasteiger partial charge in [0.25, 0.3) is 0 Å². The first-order chi connectivity index (χ1) is 9.39. The molecule has 112 valence electrons. The Hall–Kier alpha value is -0.790. The lowest BCUT2D eigenvalue weighted by atomic mass is 10.2. The van der Waals surface area contributed by atoms with Crippen molar-refractivity contribution in [3.05, 3.63) is 16.6 Å². The average Bonchev–Trinajstić information content (AvgIpc) is 3.09. The number of halogens is 1. The first-order valence-corrected chi connectivity index (χ1v) is 8.82. The van der Waals surface area contributed by atoms with E-state index in [0.29, 0.717) is 16.1 Å². The van der Waals surface area contributed by atoms with Gasteiger partial charge in [-0.2, -0.15) is 0 Å². The third-order valence-electron chi connectivity index (χ3n) is 3.46. The summed E-state index contributed by atoms with van der Waals surface area (Å²) in [4.78, 5) is 0.0860. The van der Waals surface area contributed by atoms with Gasteiger partial charge in [-0.15, -0.1) is 0 Å².